The minimum absolute atomic E-state index is 0.528. The molecule has 0 radical (unpaired) electrons. The van der Waals surface area contributed by atoms with Gasteiger partial charge in [0, 0.05) is 5.38 Å². The smallest absolute Gasteiger partial charge is 0.107 e. The van der Waals surface area contributed by atoms with Crippen molar-refractivity contribution in [2.45, 2.75) is 52.0 Å². The molecule has 4 heteroatoms. The van der Waals surface area contributed by atoms with Crippen LogP contribution in [0.2, 0.25) is 0 Å². The molecule has 0 saturated carbocycles. The predicted octanol–water partition coefficient (Wildman–Crippen LogP) is 4.28. The molecule has 1 rings (SSSR count). The van der Waals surface area contributed by atoms with Crippen molar-refractivity contribution >= 4 is 22.9 Å². The number of aromatic nitrogens is 1. The van der Waals surface area contributed by atoms with Gasteiger partial charge in [0.2, 0.25) is 0 Å². The summed E-state index contributed by atoms with van der Waals surface area (Å²) >= 11 is 7.51. The normalized spacial score (nSPS) is 11.3. The van der Waals surface area contributed by atoms with Gasteiger partial charge in [-0.1, -0.05) is 26.7 Å². The molecule has 0 bridgehead atoms. The van der Waals surface area contributed by atoms with E-state index in [0.717, 1.165) is 12.2 Å². The quantitative estimate of drug-likeness (QED) is 0.625. The van der Waals surface area contributed by atoms with Crippen LogP contribution >= 0.6 is 22.9 Å². The first-order chi connectivity index (χ1) is 8.30. The summed E-state index contributed by atoms with van der Waals surface area (Å²) < 4.78 is 0. The lowest BCUT2D eigenvalue weighted by molar-refractivity contribution is 0.256. The van der Waals surface area contributed by atoms with E-state index in [1.807, 2.05) is 0 Å². The summed E-state index contributed by atoms with van der Waals surface area (Å²) in [5.74, 6) is 0.528. The van der Waals surface area contributed by atoms with Crippen LogP contribution in [0.3, 0.4) is 0 Å². The average Bonchev–Trinajstić information content (AvgIpc) is 2.80. The fourth-order valence-corrected chi connectivity index (χ4v) is 2.77. The number of hydrogen-bond donors (Lipinski definition) is 0. The first-order valence-electron chi connectivity index (χ1n) is 6.51. The van der Waals surface area contributed by atoms with E-state index in [1.165, 1.54) is 43.8 Å². The number of hydrogen-bond acceptors (Lipinski definition) is 3. The highest BCUT2D eigenvalue weighted by Gasteiger charge is 2.08. The molecule has 0 spiro atoms. The topological polar surface area (TPSA) is 16.1 Å². The van der Waals surface area contributed by atoms with E-state index in [0.29, 0.717) is 5.88 Å². The molecule has 1 heterocycles. The molecule has 0 amide bonds. The van der Waals surface area contributed by atoms with E-state index in [4.69, 9.17) is 11.6 Å². The second kappa shape index (κ2) is 8.90. The number of rotatable bonds is 9. The molecule has 0 atom stereocenters. The molecule has 2 nitrogen and oxygen atoms in total. The van der Waals surface area contributed by atoms with Crippen molar-refractivity contribution < 1.29 is 0 Å². The van der Waals surface area contributed by atoms with Crippen LogP contribution in [0.1, 0.15) is 50.2 Å². The van der Waals surface area contributed by atoms with Crippen LogP contribution < -0.4 is 0 Å². The number of unbranched alkanes of at least 4 members (excludes halogenated alkanes) is 2. The fraction of sp³-hybridized carbons (Fsp3) is 0.769. The van der Waals surface area contributed by atoms with Crippen LogP contribution in [0.5, 0.6) is 0 Å². The third-order valence-electron chi connectivity index (χ3n) is 2.75. The zero-order valence-electron chi connectivity index (χ0n) is 10.9. The van der Waals surface area contributed by atoms with Crippen LogP contribution in [0.25, 0.3) is 0 Å². The summed E-state index contributed by atoms with van der Waals surface area (Å²) in [5, 5.41) is 3.27. The van der Waals surface area contributed by atoms with Gasteiger partial charge in [0.1, 0.15) is 5.01 Å². The monoisotopic (exact) mass is 274 g/mol. The Morgan fingerprint density at radius 2 is 1.88 bits per heavy atom. The molecule has 0 N–H and O–H groups in total. The molecule has 1 aromatic heterocycles. The van der Waals surface area contributed by atoms with E-state index in [2.05, 4.69) is 29.1 Å². The summed E-state index contributed by atoms with van der Waals surface area (Å²) in [6, 6.07) is 0. The maximum atomic E-state index is 5.77. The molecular formula is C13H23ClN2S. The lowest BCUT2D eigenvalue weighted by Crippen LogP contribution is -2.25. The largest absolute Gasteiger partial charge is 0.297 e. The summed E-state index contributed by atoms with van der Waals surface area (Å²) in [5.41, 5.74) is 1.01. The molecule has 17 heavy (non-hydrogen) atoms. The third kappa shape index (κ3) is 5.84. The first kappa shape index (κ1) is 14.9. The highest BCUT2D eigenvalue weighted by Crippen LogP contribution is 2.14. The molecule has 0 aliphatic carbocycles. The van der Waals surface area contributed by atoms with E-state index < -0.39 is 0 Å². The van der Waals surface area contributed by atoms with Crippen LogP contribution in [0.15, 0.2) is 5.38 Å². The van der Waals surface area contributed by atoms with Gasteiger partial charge < -0.3 is 0 Å². The van der Waals surface area contributed by atoms with Crippen molar-refractivity contribution in [3.63, 3.8) is 0 Å². The fourth-order valence-electron chi connectivity index (χ4n) is 1.71. The number of nitrogens with zero attached hydrogens (tertiary/aromatic N) is 2. The van der Waals surface area contributed by atoms with Crippen molar-refractivity contribution in [1.29, 1.82) is 0 Å². The maximum absolute atomic E-state index is 5.77. The molecular weight excluding hydrogens is 252 g/mol. The zero-order chi connectivity index (χ0) is 12.5. The van der Waals surface area contributed by atoms with E-state index >= 15 is 0 Å². The standard InChI is InChI=1S/C13H23ClN2S/c1-3-5-7-16(8-6-4-2)10-13-15-12(9-14)11-17-13/h11H,3-10H2,1-2H3. The van der Waals surface area contributed by atoms with Crippen molar-refractivity contribution in [3.8, 4) is 0 Å². The molecule has 0 aliphatic rings. The highest BCUT2D eigenvalue weighted by molar-refractivity contribution is 7.09. The van der Waals surface area contributed by atoms with Gasteiger partial charge in [-0.2, -0.15) is 0 Å². The average molecular weight is 275 g/mol. The van der Waals surface area contributed by atoms with Crippen molar-refractivity contribution in [1.82, 2.24) is 9.88 Å². The second-order valence-corrected chi connectivity index (χ2v) is 5.56. The number of alkyl halides is 1. The van der Waals surface area contributed by atoms with Crippen LogP contribution in [0, 0.1) is 0 Å². The maximum Gasteiger partial charge on any atom is 0.107 e. The molecule has 0 saturated heterocycles. The number of halogens is 1. The summed E-state index contributed by atoms with van der Waals surface area (Å²) in [6.07, 6.45) is 5.07. The predicted molar refractivity (Wildman–Crippen MR) is 76.8 cm³/mol. The lowest BCUT2D eigenvalue weighted by atomic mass is 10.2. The lowest BCUT2D eigenvalue weighted by Gasteiger charge is -2.20. The third-order valence-corrected chi connectivity index (χ3v) is 3.91. The Morgan fingerprint density at radius 3 is 2.35 bits per heavy atom. The van der Waals surface area contributed by atoms with Gasteiger partial charge in [-0.25, -0.2) is 4.98 Å². The summed E-state index contributed by atoms with van der Waals surface area (Å²) in [6.45, 7) is 7.85. The van der Waals surface area contributed by atoms with Crippen LogP contribution in [-0.4, -0.2) is 23.0 Å². The van der Waals surface area contributed by atoms with Gasteiger partial charge in [-0.05, 0) is 25.9 Å². The molecule has 0 aliphatic heterocycles. The molecule has 1 aromatic rings. The van der Waals surface area contributed by atoms with Gasteiger partial charge in [0.15, 0.2) is 0 Å². The highest BCUT2D eigenvalue weighted by atomic mass is 35.5. The first-order valence-corrected chi connectivity index (χ1v) is 7.93. The van der Waals surface area contributed by atoms with Crippen molar-refractivity contribution in [2.24, 2.45) is 0 Å². The number of thiazole rings is 1. The Balaban J connectivity index is 2.45. The molecule has 98 valence electrons. The summed E-state index contributed by atoms with van der Waals surface area (Å²) in [7, 11) is 0. The Kier molecular flexibility index (Phi) is 7.82. The van der Waals surface area contributed by atoms with E-state index in [9.17, 15) is 0 Å². The minimum Gasteiger partial charge on any atom is -0.297 e. The molecule has 0 unspecified atom stereocenters. The van der Waals surface area contributed by atoms with Gasteiger partial charge in [-0.15, -0.1) is 22.9 Å². The van der Waals surface area contributed by atoms with Gasteiger partial charge in [0.25, 0.3) is 0 Å². The SMILES string of the molecule is CCCCN(CCCC)Cc1nc(CCl)cs1. The van der Waals surface area contributed by atoms with Gasteiger partial charge in [0.05, 0.1) is 18.1 Å². The van der Waals surface area contributed by atoms with E-state index in [1.54, 1.807) is 11.3 Å². The van der Waals surface area contributed by atoms with Gasteiger partial charge in [-0.3, -0.25) is 4.90 Å². The van der Waals surface area contributed by atoms with Crippen LogP contribution in [0.4, 0.5) is 0 Å². The molecule has 0 aromatic carbocycles. The Labute approximate surface area is 114 Å². The Bertz CT molecular complexity index is 293. The summed E-state index contributed by atoms with van der Waals surface area (Å²) in [4.78, 5) is 7.05. The van der Waals surface area contributed by atoms with Gasteiger partial charge >= 0.3 is 0 Å². The second-order valence-electron chi connectivity index (χ2n) is 4.35. The minimum atomic E-state index is 0.528. The van der Waals surface area contributed by atoms with Crippen molar-refractivity contribution in [2.75, 3.05) is 13.1 Å². The molecule has 0 fully saturated rings. The van der Waals surface area contributed by atoms with E-state index in [-0.39, 0.29) is 0 Å². The zero-order valence-corrected chi connectivity index (χ0v) is 12.5. The van der Waals surface area contributed by atoms with Crippen molar-refractivity contribution in [3.05, 3.63) is 16.1 Å². The Hall–Kier alpha value is -0.120. The van der Waals surface area contributed by atoms with Crippen LogP contribution in [-0.2, 0) is 12.4 Å². The Morgan fingerprint density at radius 1 is 1.24 bits per heavy atom.